The molecule has 0 aliphatic heterocycles. The van der Waals surface area contributed by atoms with Crippen LogP contribution in [0.25, 0.3) is 0 Å². The van der Waals surface area contributed by atoms with Crippen molar-refractivity contribution in [1.82, 2.24) is 0 Å². The minimum Gasteiger partial charge on any atom is -0.481 e. The minimum atomic E-state index is -0.688. The van der Waals surface area contributed by atoms with Crippen LogP contribution in [0, 0.1) is 0 Å². The van der Waals surface area contributed by atoms with Gasteiger partial charge in [0.25, 0.3) is 0 Å². The van der Waals surface area contributed by atoms with Gasteiger partial charge in [0.1, 0.15) is 0 Å². The van der Waals surface area contributed by atoms with Crippen LogP contribution in [0.15, 0.2) is 35.9 Å². The van der Waals surface area contributed by atoms with Crippen molar-refractivity contribution >= 4 is 5.97 Å². The predicted molar refractivity (Wildman–Crippen MR) is 111 cm³/mol. The number of hydrogen-bond acceptors (Lipinski definition) is 2. The third-order valence-electron chi connectivity index (χ3n) is 5.72. The Morgan fingerprint density at radius 1 is 1.07 bits per heavy atom. The minimum absolute atomic E-state index is 0.294. The van der Waals surface area contributed by atoms with Crippen molar-refractivity contribution in [3.63, 3.8) is 0 Å². The van der Waals surface area contributed by atoms with E-state index >= 15 is 0 Å². The fraction of sp³-hybridized carbons (Fsp3) is 0.625. The number of unbranched alkanes of at least 4 members (excludes halogenated alkanes) is 5. The molecule has 3 nitrogen and oxygen atoms in total. The Hall–Kier alpha value is -1.61. The van der Waals surface area contributed by atoms with Gasteiger partial charge in [-0.15, -0.1) is 0 Å². The molecule has 0 aromatic heterocycles. The molecule has 0 saturated heterocycles. The summed E-state index contributed by atoms with van der Waals surface area (Å²) in [7, 11) is 0. The first kappa shape index (κ1) is 21.7. The van der Waals surface area contributed by atoms with Crippen molar-refractivity contribution in [2.75, 3.05) is 0 Å². The molecule has 2 atom stereocenters. The summed E-state index contributed by atoms with van der Waals surface area (Å²) >= 11 is 0. The topological polar surface area (TPSA) is 57.5 Å². The van der Waals surface area contributed by atoms with E-state index in [1.165, 1.54) is 24.8 Å². The van der Waals surface area contributed by atoms with E-state index in [1.54, 1.807) is 5.57 Å². The first-order chi connectivity index (χ1) is 13.1. The molecule has 2 N–H and O–H groups in total. The van der Waals surface area contributed by atoms with Gasteiger partial charge in [0.2, 0.25) is 0 Å². The predicted octanol–water partition coefficient (Wildman–Crippen LogP) is 6.53. The zero-order chi connectivity index (χ0) is 19.5. The molecule has 0 heterocycles. The van der Waals surface area contributed by atoms with Gasteiger partial charge in [-0.3, -0.25) is 4.79 Å². The lowest BCUT2D eigenvalue weighted by Gasteiger charge is -2.17. The van der Waals surface area contributed by atoms with Crippen molar-refractivity contribution in [1.29, 1.82) is 0 Å². The molecule has 0 radical (unpaired) electrons. The maximum atomic E-state index is 10.5. The van der Waals surface area contributed by atoms with Crippen molar-refractivity contribution < 1.29 is 15.0 Å². The molecular formula is C24H36O3. The average molecular weight is 373 g/mol. The smallest absolute Gasteiger partial charge is 0.303 e. The number of allylic oxidation sites excluding steroid dienone is 2. The molecule has 0 amide bonds. The summed E-state index contributed by atoms with van der Waals surface area (Å²) in [6.07, 6.45) is 14.2. The molecular weight excluding hydrogens is 336 g/mol. The van der Waals surface area contributed by atoms with Gasteiger partial charge in [-0.1, -0.05) is 74.9 Å². The van der Waals surface area contributed by atoms with Crippen LogP contribution in [0.3, 0.4) is 0 Å². The lowest BCUT2D eigenvalue weighted by Crippen LogP contribution is -2.01. The number of hydrogen-bond donors (Lipinski definition) is 2. The van der Waals surface area contributed by atoms with Crippen LogP contribution in [0.1, 0.15) is 107 Å². The zero-order valence-corrected chi connectivity index (χ0v) is 16.8. The van der Waals surface area contributed by atoms with Crippen molar-refractivity contribution in [2.24, 2.45) is 0 Å². The van der Waals surface area contributed by atoms with E-state index < -0.39 is 5.97 Å². The summed E-state index contributed by atoms with van der Waals surface area (Å²) < 4.78 is 0. The summed E-state index contributed by atoms with van der Waals surface area (Å²) in [6, 6.07) is 8.62. The number of benzene rings is 1. The second-order valence-electron chi connectivity index (χ2n) is 7.90. The fourth-order valence-electron chi connectivity index (χ4n) is 4.08. The molecule has 1 unspecified atom stereocenters. The molecule has 3 heteroatoms. The van der Waals surface area contributed by atoms with Crippen molar-refractivity contribution in [3.05, 3.63) is 47.0 Å². The first-order valence-electron chi connectivity index (χ1n) is 10.8. The molecule has 0 spiro atoms. The molecule has 27 heavy (non-hydrogen) atoms. The lowest BCUT2D eigenvalue weighted by atomic mass is 9.88. The standard InChI is InChI=1S/C24H36O3/c1-2-3-6-13-23(25)21-17-15-20(16-18-21)22-12-9-11-19(22)10-7-4-5-8-14-24(26)27/h11,15-18,22-23,25H,2-10,12-14H2,1H3,(H,26,27)/t22-,23?/m0/s1. The van der Waals surface area contributed by atoms with E-state index in [0.29, 0.717) is 12.3 Å². The summed E-state index contributed by atoms with van der Waals surface area (Å²) in [4.78, 5) is 10.5. The highest BCUT2D eigenvalue weighted by molar-refractivity contribution is 5.66. The van der Waals surface area contributed by atoms with E-state index in [9.17, 15) is 9.90 Å². The number of rotatable bonds is 13. The Kier molecular flexibility index (Phi) is 9.61. The molecule has 150 valence electrons. The van der Waals surface area contributed by atoms with Crippen molar-refractivity contribution in [3.8, 4) is 0 Å². The Morgan fingerprint density at radius 3 is 2.52 bits per heavy atom. The first-order valence-corrected chi connectivity index (χ1v) is 10.8. The molecule has 1 aromatic rings. The maximum Gasteiger partial charge on any atom is 0.303 e. The van der Waals surface area contributed by atoms with E-state index in [4.69, 9.17) is 5.11 Å². The van der Waals surface area contributed by atoms with Gasteiger partial charge in [0, 0.05) is 12.3 Å². The van der Waals surface area contributed by atoms with Crippen LogP contribution in [0.2, 0.25) is 0 Å². The quantitative estimate of drug-likeness (QED) is 0.306. The average Bonchev–Trinajstić information content (AvgIpc) is 3.13. The van der Waals surface area contributed by atoms with Gasteiger partial charge in [-0.25, -0.2) is 0 Å². The molecule has 0 fully saturated rings. The number of carboxylic acids is 1. The highest BCUT2D eigenvalue weighted by Gasteiger charge is 2.21. The summed E-state index contributed by atoms with van der Waals surface area (Å²) in [5.41, 5.74) is 3.95. The second-order valence-corrected chi connectivity index (χ2v) is 7.90. The van der Waals surface area contributed by atoms with E-state index in [-0.39, 0.29) is 6.10 Å². The third-order valence-corrected chi connectivity index (χ3v) is 5.72. The highest BCUT2D eigenvalue weighted by atomic mass is 16.4. The van der Waals surface area contributed by atoms with Crippen LogP contribution < -0.4 is 0 Å². The Labute approximate surface area is 164 Å². The summed E-state index contributed by atoms with van der Waals surface area (Å²) in [5, 5.41) is 19.0. The van der Waals surface area contributed by atoms with Crippen LogP contribution in [0.5, 0.6) is 0 Å². The third kappa shape index (κ3) is 7.50. The van der Waals surface area contributed by atoms with Gasteiger partial charge >= 0.3 is 5.97 Å². The largest absolute Gasteiger partial charge is 0.481 e. The van der Waals surface area contributed by atoms with Gasteiger partial charge in [-0.05, 0) is 49.7 Å². The number of carbonyl (C=O) groups is 1. The van der Waals surface area contributed by atoms with E-state index in [1.807, 2.05) is 0 Å². The SMILES string of the molecule is CCCCCC(O)c1ccc([C@H]2CCC=C2CCCCCCC(=O)O)cc1. The number of carboxylic acid groups (broad SMARTS) is 1. The summed E-state index contributed by atoms with van der Waals surface area (Å²) in [5.74, 6) is -0.164. The molecule has 2 rings (SSSR count). The Morgan fingerprint density at radius 2 is 1.81 bits per heavy atom. The van der Waals surface area contributed by atoms with E-state index in [2.05, 4.69) is 37.3 Å². The Balaban J connectivity index is 1.79. The van der Waals surface area contributed by atoms with Crippen LogP contribution in [-0.2, 0) is 4.79 Å². The normalized spacial score (nSPS) is 17.7. The monoisotopic (exact) mass is 372 g/mol. The molecule has 0 bridgehead atoms. The molecule has 1 aliphatic rings. The molecule has 1 aromatic carbocycles. The van der Waals surface area contributed by atoms with Gasteiger partial charge in [-0.2, -0.15) is 0 Å². The van der Waals surface area contributed by atoms with Gasteiger partial charge in [0.15, 0.2) is 0 Å². The van der Waals surface area contributed by atoms with Gasteiger partial charge in [0.05, 0.1) is 6.10 Å². The van der Waals surface area contributed by atoms with Crippen molar-refractivity contribution in [2.45, 2.75) is 96.0 Å². The van der Waals surface area contributed by atoms with Gasteiger partial charge < -0.3 is 10.2 Å². The Bertz CT molecular complexity index is 588. The van der Waals surface area contributed by atoms with E-state index in [0.717, 1.165) is 56.9 Å². The van der Waals surface area contributed by atoms with Crippen LogP contribution in [0.4, 0.5) is 0 Å². The molecule has 0 saturated carbocycles. The second kappa shape index (κ2) is 12.0. The number of aliphatic hydroxyl groups excluding tert-OH is 1. The zero-order valence-electron chi connectivity index (χ0n) is 16.8. The van der Waals surface area contributed by atoms with Crippen LogP contribution in [-0.4, -0.2) is 16.2 Å². The fourth-order valence-corrected chi connectivity index (χ4v) is 4.08. The number of aliphatic carboxylic acids is 1. The highest BCUT2D eigenvalue weighted by Crippen LogP contribution is 2.38. The maximum absolute atomic E-state index is 10.5. The lowest BCUT2D eigenvalue weighted by molar-refractivity contribution is -0.137. The number of aliphatic hydroxyl groups is 1. The van der Waals surface area contributed by atoms with Crippen LogP contribution >= 0.6 is 0 Å². The summed E-state index contributed by atoms with van der Waals surface area (Å²) in [6.45, 7) is 2.18. The molecule has 1 aliphatic carbocycles.